The van der Waals surface area contributed by atoms with E-state index in [2.05, 4.69) is 5.32 Å². The molecule has 4 heterocycles. The third kappa shape index (κ3) is 5.15. The lowest BCUT2D eigenvalue weighted by Gasteiger charge is -2.38. The molecule has 222 valence electrons. The summed E-state index contributed by atoms with van der Waals surface area (Å²) in [4.78, 5) is 41.2. The van der Waals surface area contributed by atoms with Crippen molar-refractivity contribution in [3.05, 3.63) is 118 Å². The Hall–Kier alpha value is -5.51. The molecule has 5 aromatic rings. The van der Waals surface area contributed by atoms with Crippen LogP contribution in [0.4, 0.5) is 0 Å². The second-order valence-electron chi connectivity index (χ2n) is 10.8. The molecule has 10 nitrogen and oxygen atoms in total. The second-order valence-corrected chi connectivity index (χ2v) is 10.8. The first kappa shape index (κ1) is 27.3. The quantitative estimate of drug-likeness (QED) is 0.303. The van der Waals surface area contributed by atoms with E-state index in [1.807, 2.05) is 42.5 Å². The zero-order valence-electron chi connectivity index (χ0n) is 23.7. The maximum Gasteiger partial charge on any atom is 0.420 e. The summed E-state index contributed by atoms with van der Waals surface area (Å²) < 4.78 is 18.9. The fourth-order valence-corrected chi connectivity index (χ4v) is 5.92. The van der Waals surface area contributed by atoms with Crippen molar-refractivity contribution in [3.63, 3.8) is 0 Å². The number of phenolic OH excluding ortho intramolecular Hbond substituents is 1. The molecule has 10 heteroatoms. The summed E-state index contributed by atoms with van der Waals surface area (Å²) in [5.41, 5.74) is 3.93. The number of benzene rings is 4. The van der Waals surface area contributed by atoms with E-state index in [1.54, 1.807) is 35.2 Å². The van der Waals surface area contributed by atoms with Gasteiger partial charge < -0.3 is 29.2 Å². The van der Waals surface area contributed by atoms with Gasteiger partial charge in [-0.2, -0.15) is 0 Å². The topological polar surface area (TPSA) is 123 Å². The predicted molar refractivity (Wildman–Crippen MR) is 161 cm³/mol. The molecule has 1 unspecified atom stereocenters. The summed E-state index contributed by atoms with van der Waals surface area (Å²) in [6.45, 7) is 0.954. The van der Waals surface area contributed by atoms with Gasteiger partial charge in [0.25, 0.3) is 5.91 Å². The summed E-state index contributed by atoms with van der Waals surface area (Å²) in [5, 5.41) is 13.1. The Kier molecular flexibility index (Phi) is 7.01. The number of aromatic hydroxyl groups is 1. The van der Waals surface area contributed by atoms with Crippen molar-refractivity contribution >= 4 is 22.9 Å². The minimum Gasteiger partial charge on any atom is -0.507 e. The highest BCUT2D eigenvalue weighted by Gasteiger charge is 2.33. The summed E-state index contributed by atoms with van der Waals surface area (Å²) in [7, 11) is 0. The van der Waals surface area contributed by atoms with Crippen LogP contribution in [0.15, 0.2) is 94.1 Å². The molecule has 0 radical (unpaired) electrons. The van der Waals surface area contributed by atoms with Crippen LogP contribution in [0.5, 0.6) is 23.0 Å². The number of nitrogens with zero attached hydrogens (tertiary/aromatic N) is 2. The molecule has 1 atom stereocenters. The van der Waals surface area contributed by atoms with E-state index in [1.165, 1.54) is 16.7 Å². The van der Waals surface area contributed by atoms with Crippen LogP contribution in [-0.2, 0) is 17.8 Å². The first-order valence-corrected chi connectivity index (χ1v) is 14.5. The molecule has 3 aliphatic heterocycles. The number of carbonyl (C=O) groups is 2. The summed E-state index contributed by atoms with van der Waals surface area (Å²) in [6, 6.07) is 24.5. The van der Waals surface area contributed by atoms with E-state index < -0.39 is 17.7 Å². The van der Waals surface area contributed by atoms with Crippen molar-refractivity contribution < 1.29 is 28.6 Å². The van der Waals surface area contributed by atoms with Gasteiger partial charge in [0.15, 0.2) is 5.58 Å². The number of oxazole rings is 1. The van der Waals surface area contributed by atoms with Crippen molar-refractivity contribution in [2.75, 3.05) is 19.7 Å². The maximum atomic E-state index is 14.0. The fourth-order valence-electron chi connectivity index (χ4n) is 5.92. The number of para-hydroxylation sites is 2. The van der Waals surface area contributed by atoms with Crippen LogP contribution in [0.25, 0.3) is 11.1 Å². The normalized spacial score (nSPS) is 16.4. The molecule has 4 aromatic carbocycles. The number of carbonyl (C=O) groups excluding carboxylic acids is 2. The van der Waals surface area contributed by atoms with Crippen LogP contribution in [-0.4, -0.2) is 46.1 Å². The first-order valence-electron chi connectivity index (χ1n) is 14.5. The average Bonchev–Trinajstić information content (AvgIpc) is 3.35. The number of ether oxygens (including phenoxy) is 2. The van der Waals surface area contributed by atoms with Crippen molar-refractivity contribution in [2.24, 2.45) is 0 Å². The Labute approximate surface area is 252 Å². The van der Waals surface area contributed by atoms with E-state index >= 15 is 0 Å². The molecule has 0 saturated carbocycles. The van der Waals surface area contributed by atoms with Crippen molar-refractivity contribution in [3.8, 4) is 23.0 Å². The number of hydrogen-bond acceptors (Lipinski definition) is 7. The molecule has 44 heavy (non-hydrogen) atoms. The van der Waals surface area contributed by atoms with E-state index in [4.69, 9.17) is 13.9 Å². The van der Waals surface area contributed by atoms with Gasteiger partial charge in [0.2, 0.25) is 5.91 Å². The zero-order valence-corrected chi connectivity index (χ0v) is 23.7. The molecule has 3 aliphatic rings. The van der Waals surface area contributed by atoms with Crippen molar-refractivity contribution in [1.82, 2.24) is 14.8 Å². The summed E-state index contributed by atoms with van der Waals surface area (Å²) >= 11 is 0. The van der Waals surface area contributed by atoms with E-state index in [0.29, 0.717) is 60.9 Å². The van der Waals surface area contributed by atoms with Crippen LogP contribution in [0.2, 0.25) is 0 Å². The Morgan fingerprint density at radius 2 is 1.77 bits per heavy atom. The summed E-state index contributed by atoms with van der Waals surface area (Å²) in [5.74, 6) is 0.279. The lowest BCUT2D eigenvalue weighted by atomic mass is 9.87. The lowest BCUT2D eigenvalue weighted by molar-refractivity contribution is -0.134. The number of phenols is 1. The Balaban J connectivity index is 1.28. The highest BCUT2D eigenvalue weighted by Crippen LogP contribution is 2.39. The monoisotopic (exact) mass is 591 g/mol. The molecule has 8 bridgehead atoms. The van der Waals surface area contributed by atoms with Gasteiger partial charge in [-0.3, -0.25) is 14.2 Å². The van der Waals surface area contributed by atoms with Gasteiger partial charge in [-0.1, -0.05) is 30.3 Å². The van der Waals surface area contributed by atoms with Gasteiger partial charge in [0, 0.05) is 13.1 Å². The molecule has 0 fully saturated rings. The van der Waals surface area contributed by atoms with Gasteiger partial charge in [0.1, 0.15) is 29.5 Å². The Morgan fingerprint density at radius 1 is 0.932 bits per heavy atom. The van der Waals surface area contributed by atoms with Crippen LogP contribution in [0, 0.1) is 0 Å². The van der Waals surface area contributed by atoms with Gasteiger partial charge in [-0.25, -0.2) is 4.79 Å². The summed E-state index contributed by atoms with van der Waals surface area (Å²) in [6.07, 6.45) is 1.11. The zero-order chi connectivity index (χ0) is 30.2. The molecule has 0 spiro atoms. The molecule has 0 saturated heterocycles. The molecule has 8 rings (SSSR count). The largest absolute Gasteiger partial charge is 0.507 e. The number of hydrogen-bond donors (Lipinski definition) is 2. The number of amides is 2. The Morgan fingerprint density at radius 3 is 2.68 bits per heavy atom. The first-order chi connectivity index (χ1) is 21.4. The van der Waals surface area contributed by atoms with Crippen molar-refractivity contribution in [2.45, 2.75) is 25.4 Å². The van der Waals surface area contributed by atoms with Crippen LogP contribution in [0.3, 0.4) is 0 Å². The van der Waals surface area contributed by atoms with E-state index in [9.17, 15) is 19.5 Å². The minimum atomic E-state index is -0.576. The second kappa shape index (κ2) is 11.3. The smallest absolute Gasteiger partial charge is 0.420 e. The minimum absolute atomic E-state index is 0.119. The standard InChI is InChI=1S/C34H29N3O7/c38-29-12-10-25-19-27(29)33(40)35-14-4-16-42-23-6-3-5-22(18-23)32-26-11-9-24(43-25)17-21(26)13-15-36(32)31(39)20-37-28-7-1-2-8-30(28)44-34(37)41/h1-3,5-12,17-19,32,38H,4,13-16,20H2,(H,35,40). The average molecular weight is 592 g/mol. The van der Waals surface area contributed by atoms with Gasteiger partial charge in [-0.15, -0.1) is 0 Å². The van der Waals surface area contributed by atoms with Gasteiger partial charge in [0.05, 0.1) is 23.7 Å². The van der Waals surface area contributed by atoms with E-state index in [-0.39, 0.29) is 23.8 Å². The van der Waals surface area contributed by atoms with Crippen molar-refractivity contribution in [1.29, 1.82) is 0 Å². The van der Waals surface area contributed by atoms with Crippen LogP contribution >= 0.6 is 0 Å². The number of fused-ring (bicyclic) bond motifs is 7. The number of aromatic nitrogens is 1. The van der Waals surface area contributed by atoms with Gasteiger partial charge >= 0.3 is 5.76 Å². The molecule has 2 N–H and O–H groups in total. The van der Waals surface area contributed by atoms with Crippen LogP contribution in [0.1, 0.15) is 39.5 Å². The molecule has 2 amide bonds. The maximum absolute atomic E-state index is 14.0. The van der Waals surface area contributed by atoms with E-state index in [0.717, 1.165) is 16.7 Å². The third-order valence-electron chi connectivity index (χ3n) is 8.03. The fraction of sp³-hybridized carbons (Fsp3) is 0.206. The predicted octanol–water partition coefficient (Wildman–Crippen LogP) is 4.78. The highest BCUT2D eigenvalue weighted by molar-refractivity contribution is 5.97. The number of rotatable bonds is 2. The SMILES string of the molecule is O=C1NCCCOc2cccc(c2)C2c3ccc(cc3CCN2C(=O)Cn2c(=O)oc3ccccc32)Oc2ccc(O)c1c2. The third-order valence-corrected chi connectivity index (χ3v) is 8.03. The molecular weight excluding hydrogens is 562 g/mol. The Bertz CT molecular complexity index is 1960. The van der Waals surface area contributed by atoms with Crippen LogP contribution < -0.4 is 20.5 Å². The highest BCUT2D eigenvalue weighted by atomic mass is 16.5. The van der Waals surface area contributed by atoms with Gasteiger partial charge in [-0.05, 0) is 84.1 Å². The molecular formula is C34H29N3O7. The number of nitrogens with one attached hydrogen (secondary N) is 1. The molecule has 1 aromatic heterocycles. The lowest BCUT2D eigenvalue weighted by Crippen LogP contribution is -2.43. The molecule has 0 aliphatic carbocycles.